The van der Waals surface area contributed by atoms with E-state index < -0.39 is 0 Å². The normalized spacial score (nSPS) is 13.0. The molecule has 2 rings (SSSR count). The van der Waals surface area contributed by atoms with Crippen molar-refractivity contribution in [2.75, 3.05) is 19.8 Å². The number of amides is 1. The number of rotatable bonds is 3. The molecule has 0 radical (unpaired) electrons. The van der Waals surface area contributed by atoms with Crippen LogP contribution in [0.1, 0.15) is 10.4 Å². The topological polar surface area (TPSA) is 47.6 Å². The Morgan fingerprint density at radius 3 is 2.88 bits per heavy atom. The maximum atomic E-state index is 11.6. The van der Waals surface area contributed by atoms with Gasteiger partial charge in [-0.05, 0) is 18.2 Å². The van der Waals surface area contributed by atoms with Gasteiger partial charge in [0.25, 0.3) is 5.91 Å². The quantitative estimate of drug-likeness (QED) is 0.781. The van der Waals surface area contributed by atoms with Crippen molar-refractivity contribution in [3.05, 3.63) is 36.4 Å². The van der Waals surface area contributed by atoms with Gasteiger partial charge in [0.1, 0.15) is 13.2 Å². The first-order chi connectivity index (χ1) is 7.81. The second kappa shape index (κ2) is 4.70. The number of fused-ring (bicyclic) bond motifs is 1. The lowest BCUT2D eigenvalue weighted by molar-refractivity contribution is 0.0956. The number of ether oxygens (including phenoxy) is 2. The van der Waals surface area contributed by atoms with Crippen molar-refractivity contribution in [2.24, 2.45) is 0 Å². The molecule has 0 aliphatic carbocycles. The number of carbonyl (C=O) groups excluding carboxylic acids is 1. The smallest absolute Gasteiger partial charge is 0.251 e. The lowest BCUT2D eigenvalue weighted by Gasteiger charge is -2.18. The number of hydrogen-bond donors (Lipinski definition) is 1. The molecule has 0 aromatic heterocycles. The van der Waals surface area contributed by atoms with Crippen molar-refractivity contribution in [1.82, 2.24) is 5.32 Å². The molecule has 0 unspecified atom stereocenters. The third-order valence-electron chi connectivity index (χ3n) is 2.21. The van der Waals surface area contributed by atoms with Crippen LogP contribution >= 0.6 is 0 Å². The van der Waals surface area contributed by atoms with Gasteiger partial charge in [-0.3, -0.25) is 4.79 Å². The summed E-state index contributed by atoms with van der Waals surface area (Å²) in [4.78, 5) is 11.6. The Balaban J connectivity index is 2.16. The number of hydrogen-bond acceptors (Lipinski definition) is 3. The minimum atomic E-state index is -0.142. The third-order valence-corrected chi connectivity index (χ3v) is 2.21. The van der Waals surface area contributed by atoms with E-state index in [1.165, 1.54) is 0 Å². The number of benzene rings is 1. The Labute approximate surface area is 93.9 Å². The van der Waals surface area contributed by atoms with Crippen LogP contribution in [-0.4, -0.2) is 25.7 Å². The molecule has 0 bridgehead atoms. The van der Waals surface area contributed by atoms with E-state index in [1.807, 2.05) is 0 Å². The molecular formula is C12H13NO3. The van der Waals surface area contributed by atoms with Gasteiger partial charge in [-0.2, -0.15) is 0 Å². The highest BCUT2D eigenvalue weighted by molar-refractivity contribution is 5.94. The fraction of sp³-hybridized carbons (Fsp3) is 0.250. The minimum Gasteiger partial charge on any atom is -0.486 e. The number of carbonyl (C=O) groups is 1. The summed E-state index contributed by atoms with van der Waals surface area (Å²) in [6, 6.07) is 5.15. The largest absolute Gasteiger partial charge is 0.486 e. The summed E-state index contributed by atoms with van der Waals surface area (Å²) in [5.41, 5.74) is 0.561. The Bertz CT molecular complexity index is 415. The molecule has 1 aromatic carbocycles. The van der Waals surface area contributed by atoms with Gasteiger partial charge in [-0.15, -0.1) is 6.58 Å². The van der Waals surface area contributed by atoms with E-state index in [0.717, 1.165) is 0 Å². The molecule has 1 N–H and O–H groups in total. The highest BCUT2D eigenvalue weighted by atomic mass is 16.6. The molecule has 0 saturated heterocycles. The SMILES string of the molecule is C=CCNC(=O)c1ccc2c(c1)OCCO2. The fourth-order valence-electron chi connectivity index (χ4n) is 1.45. The van der Waals surface area contributed by atoms with E-state index in [1.54, 1.807) is 24.3 Å². The predicted octanol–water partition coefficient (Wildman–Crippen LogP) is 1.37. The average Bonchev–Trinajstić information content (AvgIpc) is 2.35. The summed E-state index contributed by atoms with van der Waals surface area (Å²) in [5, 5.41) is 2.70. The van der Waals surface area contributed by atoms with Crippen LogP contribution in [0.2, 0.25) is 0 Å². The lowest BCUT2D eigenvalue weighted by Crippen LogP contribution is -2.23. The first kappa shape index (κ1) is 10.5. The van der Waals surface area contributed by atoms with Crippen molar-refractivity contribution < 1.29 is 14.3 Å². The first-order valence-electron chi connectivity index (χ1n) is 5.10. The minimum absolute atomic E-state index is 0.142. The summed E-state index contributed by atoms with van der Waals surface area (Å²) in [6.45, 7) is 5.06. The molecule has 1 aromatic rings. The molecule has 1 amide bonds. The zero-order chi connectivity index (χ0) is 11.4. The van der Waals surface area contributed by atoms with Crippen LogP contribution in [0.4, 0.5) is 0 Å². The summed E-state index contributed by atoms with van der Waals surface area (Å²) < 4.78 is 10.8. The van der Waals surface area contributed by atoms with Gasteiger partial charge in [-0.1, -0.05) is 6.08 Å². The van der Waals surface area contributed by atoms with Gasteiger partial charge >= 0.3 is 0 Å². The fourth-order valence-corrected chi connectivity index (χ4v) is 1.45. The highest BCUT2D eigenvalue weighted by Crippen LogP contribution is 2.30. The van der Waals surface area contributed by atoms with Crippen LogP contribution in [0.25, 0.3) is 0 Å². The van der Waals surface area contributed by atoms with E-state index in [4.69, 9.17) is 9.47 Å². The predicted molar refractivity (Wildman–Crippen MR) is 60.0 cm³/mol. The molecule has 0 saturated carbocycles. The zero-order valence-corrected chi connectivity index (χ0v) is 8.86. The van der Waals surface area contributed by atoms with Gasteiger partial charge in [0, 0.05) is 12.1 Å². The zero-order valence-electron chi connectivity index (χ0n) is 8.86. The van der Waals surface area contributed by atoms with Gasteiger partial charge in [0.2, 0.25) is 0 Å². The molecule has 0 spiro atoms. The Morgan fingerprint density at radius 1 is 1.38 bits per heavy atom. The van der Waals surface area contributed by atoms with Gasteiger partial charge in [0.15, 0.2) is 11.5 Å². The van der Waals surface area contributed by atoms with E-state index in [-0.39, 0.29) is 5.91 Å². The average molecular weight is 219 g/mol. The van der Waals surface area contributed by atoms with Crippen LogP contribution in [0.3, 0.4) is 0 Å². The molecular weight excluding hydrogens is 206 g/mol. The van der Waals surface area contributed by atoms with Crippen molar-refractivity contribution in [3.63, 3.8) is 0 Å². The molecule has 16 heavy (non-hydrogen) atoms. The molecule has 4 heteroatoms. The summed E-state index contributed by atoms with van der Waals surface area (Å²) in [5.74, 6) is 1.17. The van der Waals surface area contributed by atoms with Crippen LogP contribution in [0.5, 0.6) is 11.5 Å². The van der Waals surface area contributed by atoms with Gasteiger partial charge in [0.05, 0.1) is 0 Å². The molecule has 84 valence electrons. The standard InChI is InChI=1S/C12H13NO3/c1-2-5-13-12(14)9-3-4-10-11(8-9)16-7-6-15-10/h2-4,8H,1,5-7H2,(H,13,14). The van der Waals surface area contributed by atoms with Crippen molar-refractivity contribution in [1.29, 1.82) is 0 Å². The van der Waals surface area contributed by atoms with E-state index in [0.29, 0.717) is 36.8 Å². The lowest BCUT2D eigenvalue weighted by atomic mass is 10.2. The van der Waals surface area contributed by atoms with E-state index in [9.17, 15) is 4.79 Å². The van der Waals surface area contributed by atoms with E-state index >= 15 is 0 Å². The summed E-state index contributed by atoms with van der Waals surface area (Å²) in [7, 11) is 0. The molecule has 1 aliphatic rings. The Hall–Kier alpha value is -1.97. The van der Waals surface area contributed by atoms with Crippen LogP contribution in [0, 0.1) is 0 Å². The monoisotopic (exact) mass is 219 g/mol. The second-order valence-electron chi connectivity index (χ2n) is 3.36. The summed E-state index contributed by atoms with van der Waals surface area (Å²) in [6.07, 6.45) is 1.63. The van der Waals surface area contributed by atoms with Crippen LogP contribution in [-0.2, 0) is 0 Å². The maximum Gasteiger partial charge on any atom is 0.251 e. The van der Waals surface area contributed by atoms with Gasteiger partial charge < -0.3 is 14.8 Å². The first-order valence-corrected chi connectivity index (χ1v) is 5.10. The maximum absolute atomic E-state index is 11.6. The van der Waals surface area contributed by atoms with Crippen LogP contribution < -0.4 is 14.8 Å². The molecule has 1 aliphatic heterocycles. The van der Waals surface area contributed by atoms with Crippen LogP contribution in [0.15, 0.2) is 30.9 Å². The van der Waals surface area contributed by atoms with Crippen molar-refractivity contribution in [3.8, 4) is 11.5 Å². The second-order valence-corrected chi connectivity index (χ2v) is 3.36. The molecule has 1 heterocycles. The van der Waals surface area contributed by atoms with Crippen molar-refractivity contribution in [2.45, 2.75) is 0 Å². The molecule has 4 nitrogen and oxygen atoms in total. The van der Waals surface area contributed by atoms with Gasteiger partial charge in [-0.25, -0.2) is 0 Å². The third kappa shape index (κ3) is 2.16. The Kier molecular flexibility index (Phi) is 3.10. The summed E-state index contributed by atoms with van der Waals surface area (Å²) >= 11 is 0. The molecule has 0 fully saturated rings. The molecule has 0 atom stereocenters. The Morgan fingerprint density at radius 2 is 2.12 bits per heavy atom. The van der Waals surface area contributed by atoms with E-state index in [2.05, 4.69) is 11.9 Å². The van der Waals surface area contributed by atoms with Crippen molar-refractivity contribution >= 4 is 5.91 Å². The number of nitrogens with one attached hydrogen (secondary N) is 1. The highest BCUT2D eigenvalue weighted by Gasteiger charge is 2.14.